The number of pyridine rings is 1. The number of methoxy groups -OCH3 is 2. The first-order valence-corrected chi connectivity index (χ1v) is 6.59. The third kappa shape index (κ3) is 3.08. The fraction of sp³-hybridized carbons (Fsp3) is 0.200. The summed E-state index contributed by atoms with van der Waals surface area (Å²) in [6, 6.07) is 6.89. The summed E-state index contributed by atoms with van der Waals surface area (Å²) in [5.41, 5.74) is 1.59. The molecule has 2 aromatic rings. The summed E-state index contributed by atoms with van der Waals surface area (Å²) in [6.07, 6.45) is 1.58. The van der Waals surface area contributed by atoms with Gasteiger partial charge < -0.3 is 14.8 Å². The van der Waals surface area contributed by atoms with Crippen LogP contribution in [0.25, 0.3) is 0 Å². The van der Waals surface area contributed by atoms with Gasteiger partial charge in [0.25, 0.3) is 5.91 Å². The molecule has 0 bridgehead atoms. The lowest BCUT2D eigenvalue weighted by molar-refractivity contribution is 0.102. The molecule has 0 radical (unpaired) electrons. The largest absolute Gasteiger partial charge is 0.496 e. The standard InChI is InChI=1S/C15H15ClN2O3/c1-9-7-8-17-14(16)13(9)18-15(19)12-10(20-2)5-4-6-11(12)21-3/h4-8H,1-3H3,(H,18,19). The Hall–Kier alpha value is -2.27. The number of amides is 1. The van der Waals surface area contributed by atoms with Crippen LogP contribution in [0.4, 0.5) is 5.69 Å². The second-order valence-corrected chi connectivity index (χ2v) is 4.64. The Bertz CT molecular complexity index is 631. The second-order valence-electron chi connectivity index (χ2n) is 4.29. The average Bonchev–Trinajstić information content (AvgIpc) is 2.49. The Morgan fingerprint density at radius 2 is 1.81 bits per heavy atom. The van der Waals surface area contributed by atoms with Crippen LogP contribution in [0.3, 0.4) is 0 Å². The Labute approximate surface area is 127 Å². The smallest absolute Gasteiger partial charge is 0.263 e. The number of anilines is 1. The van der Waals surface area contributed by atoms with Gasteiger partial charge in [-0.1, -0.05) is 17.7 Å². The minimum absolute atomic E-state index is 0.234. The van der Waals surface area contributed by atoms with Crippen LogP contribution in [0.1, 0.15) is 15.9 Å². The van der Waals surface area contributed by atoms with E-state index in [4.69, 9.17) is 21.1 Å². The third-order valence-corrected chi connectivity index (χ3v) is 3.29. The van der Waals surface area contributed by atoms with E-state index in [9.17, 15) is 4.79 Å². The van der Waals surface area contributed by atoms with Gasteiger partial charge in [-0.25, -0.2) is 4.98 Å². The Kier molecular flexibility index (Phi) is 4.65. The lowest BCUT2D eigenvalue weighted by Crippen LogP contribution is -2.16. The summed E-state index contributed by atoms with van der Waals surface area (Å²) >= 11 is 6.02. The molecule has 5 nitrogen and oxygen atoms in total. The predicted octanol–water partition coefficient (Wildman–Crippen LogP) is 3.31. The van der Waals surface area contributed by atoms with Crippen LogP contribution < -0.4 is 14.8 Å². The van der Waals surface area contributed by atoms with Crippen LogP contribution in [0.15, 0.2) is 30.5 Å². The molecule has 1 aromatic carbocycles. The van der Waals surface area contributed by atoms with Gasteiger partial charge in [0, 0.05) is 6.20 Å². The van der Waals surface area contributed by atoms with Gasteiger partial charge in [0.05, 0.1) is 19.9 Å². The number of hydrogen-bond donors (Lipinski definition) is 1. The van der Waals surface area contributed by atoms with Gasteiger partial charge in [-0.3, -0.25) is 4.79 Å². The summed E-state index contributed by atoms with van der Waals surface area (Å²) in [7, 11) is 2.99. The van der Waals surface area contributed by atoms with Crippen LogP contribution in [0.5, 0.6) is 11.5 Å². The van der Waals surface area contributed by atoms with E-state index in [1.54, 1.807) is 30.5 Å². The number of carbonyl (C=O) groups excluding carboxylic acids is 1. The SMILES string of the molecule is COc1cccc(OC)c1C(=O)Nc1c(C)ccnc1Cl. The maximum absolute atomic E-state index is 12.5. The number of hydrogen-bond acceptors (Lipinski definition) is 4. The van der Waals surface area contributed by atoms with Crippen molar-refractivity contribution in [1.29, 1.82) is 0 Å². The predicted molar refractivity (Wildman–Crippen MR) is 81.5 cm³/mol. The number of ether oxygens (including phenoxy) is 2. The van der Waals surface area contributed by atoms with E-state index in [1.165, 1.54) is 14.2 Å². The minimum Gasteiger partial charge on any atom is -0.496 e. The number of rotatable bonds is 4. The zero-order valence-electron chi connectivity index (χ0n) is 11.9. The monoisotopic (exact) mass is 306 g/mol. The molecule has 110 valence electrons. The van der Waals surface area contributed by atoms with Gasteiger partial charge in [0.15, 0.2) is 5.15 Å². The number of aromatic nitrogens is 1. The Morgan fingerprint density at radius 1 is 1.19 bits per heavy atom. The number of benzene rings is 1. The van der Waals surface area contributed by atoms with Gasteiger partial charge in [-0.05, 0) is 30.7 Å². The first kappa shape index (κ1) is 15.1. The number of nitrogens with one attached hydrogen (secondary N) is 1. The van der Waals surface area contributed by atoms with Crippen LogP contribution in [-0.4, -0.2) is 25.1 Å². The minimum atomic E-state index is -0.373. The number of carbonyl (C=O) groups is 1. The van der Waals surface area contributed by atoms with Crippen molar-refractivity contribution in [2.45, 2.75) is 6.92 Å². The van der Waals surface area contributed by atoms with Gasteiger partial charge in [0.2, 0.25) is 0 Å². The second kappa shape index (κ2) is 6.45. The molecular formula is C15H15ClN2O3. The maximum atomic E-state index is 12.5. The Morgan fingerprint density at radius 3 is 2.33 bits per heavy atom. The molecule has 1 N–H and O–H groups in total. The van der Waals surface area contributed by atoms with Gasteiger partial charge in [-0.15, -0.1) is 0 Å². The highest BCUT2D eigenvalue weighted by atomic mass is 35.5. The van der Waals surface area contributed by atoms with E-state index >= 15 is 0 Å². The highest BCUT2D eigenvalue weighted by Gasteiger charge is 2.20. The third-order valence-electron chi connectivity index (χ3n) is 3.01. The number of nitrogens with zero attached hydrogens (tertiary/aromatic N) is 1. The van der Waals surface area contributed by atoms with E-state index in [0.29, 0.717) is 22.7 Å². The van der Waals surface area contributed by atoms with Crippen molar-refractivity contribution in [2.75, 3.05) is 19.5 Å². The Balaban J connectivity index is 2.41. The van der Waals surface area contributed by atoms with Crippen molar-refractivity contribution >= 4 is 23.2 Å². The van der Waals surface area contributed by atoms with Crippen molar-refractivity contribution in [3.63, 3.8) is 0 Å². The highest BCUT2D eigenvalue weighted by Crippen LogP contribution is 2.30. The fourth-order valence-corrected chi connectivity index (χ4v) is 2.18. The molecule has 0 atom stereocenters. The number of halogens is 1. The lowest BCUT2D eigenvalue weighted by atomic mass is 10.1. The van der Waals surface area contributed by atoms with Crippen molar-refractivity contribution in [2.24, 2.45) is 0 Å². The maximum Gasteiger partial charge on any atom is 0.263 e. The molecule has 0 saturated heterocycles. The zero-order chi connectivity index (χ0) is 15.4. The van der Waals surface area contributed by atoms with E-state index in [0.717, 1.165) is 5.56 Å². The molecule has 0 unspecified atom stereocenters. The van der Waals surface area contributed by atoms with E-state index in [-0.39, 0.29) is 11.1 Å². The molecule has 2 rings (SSSR count). The highest BCUT2D eigenvalue weighted by molar-refractivity contribution is 6.33. The van der Waals surface area contributed by atoms with E-state index in [1.807, 2.05) is 6.92 Å². The van der Waals surface area contributed by atoms with E-state index < -0.39 is 0 Å². The summed E-state index contributed by atoms with van der Waals surface area (Å²) in [5.74, 6) is 0.469. The summed E-state index contributed by atoms with van der Waals surface area (Å²) < 4.78 is 10.4. The lowest BCUT2D eigenvalue weighted by Gasteiger charge is -2.14. The molecule has 0 spiro atoms. The van der Waals surface area contributed by atoms with Crippen molar-refractivity contribution in [3.8, 4) is 11.5 Å². The molecule has 1 amide bonds. The van der Waals surface area contributed by atoms with Gasteiger partial charge >= 0.3 is 0 Å². The number of aryl methyl sites for hydroxylation is 1. The first-order valence-electron chi connectivity index (χ1n) is 6.22. The quantitative estimate of drug-likeness (QED) is 0.880. The molecule has 0 aliphatic carbocycles. The topological polar surface area (TPSA) is 60.5 Å². The average molecular weight is 307 g/mol. The normalized spacial score (nSPS) is 10.1. The molecule has 0 aliphatic heterocycles. The summed E-state index contributed by atoms with van der Waals surface area (Å²) in [6.45, 7) is 1.84. The molecule has 0 fully saturated rings. The first-order chi connectivity index (χ1) is 10.1. The molecule has 0 aliphatic rings. The van der Waals surface area contributed by atoms with Gasteiger partial charge in [0.1, 0.15) is 17.1 Å². The zero-order valence-corrected chi connectivity index (χ0v) is 12.7. The van der Waals surface area contributed by atoms with E-state index in [2.05, 4.69) is 10.3 Å². The molecule has 1 aromatic heterocycles. The van der Waals surface area contributed by atoms with Crippen LogP contribution in [-0.2, 0) is 0 Å². The van der Waals surface area contributed by atoms with Crippen molar-refractivity contribution < 1.29 is 14.3 Å². The van der Waals surface area contributed by atoms with Crippen molar-refractivity contribution in [1.82, 2.24) is 4.98 Å². The van der Waals surface area contributed by atoms with Crippen molar-refractivity contribution in [3.05, 3.63) is 46.7 Å². The van der Waals surface area contributed by atoms with Crippen LogP contribution in [0.2, 0.25) is 5.15 Å². The van der Waals surface area contributed by atoms with Gasteiger partial charge in [-0.2, -0.15) is 0 Å². The molecule has 6 heteroatoms. The van der Waals surface area contributed by atoms with Crippen LogP contribution >= 0.6 is 11.6 Å². The molecule has 0 saturated carbocycles. The fourth-order valence-electron chi connectivity index (χ4n) is 1.93. The summed E-state index contributed by atoms with van der Waals surface area (Å²) in [5, 5.41) is 2.98. The molecular weight excluding hydrogens is 292 g/mol. The molecule has 21 heavy (non-hydrogen) atoms. The van der Waals surface area contributed by atoms with Crippen LogP contribution in [0, 0.1) is 6.92 Å². The summed E-state index contributed by atoms with van der Waals surface area (Å²) in [4.78, 5) is 16.5. The molecule has 1 heterocycles.